The van der Waals surface area contributed by atoms with E-state index >= 15 is 0 Å². The molecule has 136 valence electrons. The third-order valence-corrected chi connectivity index (χ3v) is 4.92. The molecule has 0 aliphatic heterocycles. The molecule has 27 heavy (non-hydrogen) atoms. The molecular formula is C19H15Cl2N5O. The van der Waals surface area contributed by atoms with Gasteiger partial charge in [0, 0.05) is 11.6 Å². The van der Waals surface area contributed by atoms with Crippen LogP contribution in [0.15, 0.2) is 48.5 Å². The molecule has 1 N–H and O–H groups in total. The lowest BCUT2D eigenvalue weighted by Crippen LogP contribution is -2.10. The molecule has 0 saturated heterocycles. The molecule has 1 heterocycles. The summed E-state index contributed by atoms with van der Waals surface area (Å²) < 4.78 is 1.82. The molecule has 3 aromatic rings. The second kappa shape index (κ2) is 7.50. The quantitative estimate of drug-likeness (QED) is 0.634. The first kappa shape index (κ1) is 17.7. The molecule has 0 unspecified atom stereocenters. The number of tetrazole rings is 1. The van der Waals surface area contributed by atoms with Crippen molar-refractivity contribution in [2.75, 3.05) is 5.32 Å². The van der Waals surface area contributed by atoms with Crippen molar-refractivity contribution in [3.8, 4) is 11.4 Å². The number of halogens is 2. The predicted molar refractivity (Wildman–Crippen MR) is 106 cm³/mol. The van der Waals surface area contributed by atoms with Crippen LogP contribution in [0.2, 0.25) is 10.0 Å². The van der Waals surface area contributed by atoms with Gasteiger partial charge in [-0.1, -0.05) is 41.4 Å². The van der Waals surface area contributed by atoms with Crippen LogP contribution >= 0.6 is 23.2 Å². The molecule has 6 nitrogen and oxygen atoms in total. The Morgan fingerprint density at radius 2 is 1.96 bits per heavy atom. The van der Waals surface area contributed by atoms with Gasteiger partial charge in [-0.3, -0.25) is 4.79 Å². The number of rotatable bonds is 5. The lowest BCUT2D eigenvalue weighted by Gasteiger charge is -2.09. The number of carbonyl (C=O) groups is 1. The molecule has 2 aromatic carbocycles. The van der Waals surface area contributed by atoms with E-state index in [1.807, 2.05) is 28.9 Å². The second-order valence-electron chi connectivity index (χ2n) is 6.22. The van der Waals surface area contributed by atoms with E-state index in [2.05, 4.69) is 20.8 Å². The zero-order valence-electron chi connectivity index (χ0n) is 14.1. The minimum absolute atomic E-state index is 0.265. The summed E-state index contributed by atoms with van der Waals surface area (Å²) in [4.78, 5) is 12.4. The van der Waals surface area contributed by atoms with Crippen molar-refractivity contribution in [3.63, 3.8) is 0 Å². The fraction of sp³-hybridized carbons (Fsp3) is 0.158. The Bertz CT molecular complexity index is 1030. The number of hydrogen-bond acceptors (Lipinski definition) is 4. The predicted octanol–water partition coefficient (Wildman–Crippen LogP) is 4.63. The van der Waals surface area contributed by atoms with Crippen LogP contribution in [0.5, 0.6) is 0 Å². The summed E-state index contributed by atoms with van der Waals surface area (Å²) in [5.41, 5.74) is 2.22. The van der Waals surface area contributed by atoms with Crippen LogP contribution in [-0.2, 0) is 4.79 Å². The number of hydrogen-bond donors (Lipinski definition) is 1. The lowest BCUT2D eigenvalue weighted by atomic mass is 10.1. The van der Waals surface area contributed by atoms with Gasteiger partial charge in [0.05, 0.1) is 21.8 Å². The van der Waals surface area contributed by atoms with Crippen LogP contribution < -0.4 is 5.32 Å². The van der Waals surface area contributed by atoms with Crippen molar-refractivity contribution in [2.24, 2.45) is 0 Å². The second-order valence-corrected chi connectivity index (χ2v) is 7.03. The van der Waals surface area contributed by atoms with Gasteiger partial charge in [-0.2, -0.15) is 0 Å². The van der Waals surface area contributed by atoms with Crippen LogP contribution in [0.4, 0.5) is 5.69 Å². The molecule has 4 rings (SSSR count). The SMILES string of the molecule is O=C(/C=C/c1ccc(Cl)c(Cl)c1)Nc1ccccc1-c1nnnn1C1CC1. The highest BCUT2D eigenvalue weighted by Crippen LogP contribution is 2.38. The number of para-hydroxylation sites is 1. The molecule has 1 aromatic heterocycles. The van der Waals surface area contributed by atoms with Crippen LogP contribution in [0.1, 0.15) is 24.4 Å². The molecule has 1 aliphatic rings. The number of anilines is 1. The summed E-state index contributed by atoms with van der Waals surface area (Å²) >= 11 is 11.9. The van der Waals surface area contributed by atoms with E-state index < -0.39 is 0 Å². The standard InChI is InChI=1S/C19H15Cl2N5O/c20-15-9-5-12(11-16(15)21)6-10-18(27)22-17-4-2-1-3-14(17)19-23-24-25-26(19)13-7-8-13/h1-6,9-11,13H,7-8H2,(H,22,27)/b10-6+. The van der Waals surface area contributed by atoms with Gasteiger partial charge < -0.3 is 5.32 Å². The number of carbonyl (C=O) groups excluding carboxylic acids is 1. The maximum absolute atomic E-state index is 12.4. The first-order chi connectivity index (χ1) is 13.1. The van der Waals surface area contributed by atoms with Gasteiger partial charge in [0.2, 0.25) is 5.91 Å². The number of amides is 1. The molecule has 0 spiro atoms. The molecule has 0 radical (unpaired) electrons. The van der Waals surface area contributed by atoms with E-state index in [-0.39, 0.29) is 5.91 Å². The Morgan fingerprint density at radius 3 is 2.74 bits per heavy atom. The largest absolute Gasteiger partial charge is 0.322 e. The molecule has 8 heteroatoms. The summed E-state index contributed by atoms with van der Waals surface area (Å²) in [7, 11) is 0. The monoisotopic (exact) mass is 399 g/mol. The van der Waals surface area contributed by atoms with Gasteiger partial charge >= 0.3 is 0 Å². The van der Waals surface area contributed by atoms with E-state index in [1.54, 1.807) is 24.3 Å². The van der Waals surface area contributed by atoms with Gasteiger partial charge in [0.1, 0.15) is 0 Å². The summed E-state index contributed by atoms with van der Waals surface area (Å²) in [5, 5.41) is 15.8. The number of benzene rings is 2. The molecule has 0 atom stereocenters. The minimum atomic E-state index is -0.265. The summed E-state index contributed by atoms with van der Waals surface area (Å²) in [6.07, 6.45) is 5.26. The maximum Gasteiger partial charge on any atom is 0.248 e. The first-order valence-corrected chi connectivity index (χ1v) is 9.19. The fourth-order valence-electron chi connectivity index (χ4n) is 2.69. The van der Waals surface area contributed by atoms with Gasteiger partial charge in [-0.15, -0.1) is 5.10 Å². The Balaban J connectivity index is 1.54. The van der Waals surface area contributed by atoms with Gasteiger partial charge in [0.25, 0.3) is 0 Å². The average Bonchev–Trinajstić information content (AvgIpc) is 3.40. The molecule has 1 aliphatic carbocycles. The normalized spacial score (nSPS) is 13.9. The van der Waals surface area contributed by atoms with Crippen molar-refractivity contribution in [3.05, 3.63) is 64.1 Å². The molecule has 1 saturated carbocycles. The summed E-state index contributed by atoms with van der Waals surface area (Å²) in [6.45, 7) is 0. The van der Waals surface area contributed by atoms with E-state index in [9.17, 15) is 4.79 Å². The molecule has 1 fully saturated rings. The number of nitrogens with zero attached hydrogens (tertiary/aromatic N) is 4. The third-order valence-electron chi connectivity index (χ3n) is 4.18. The van der Waals surface area contributed by atoms with E-state index in [1.165, 1.54) is 6.08 Å². The minimum Gasteiger partial charge on any atom is -0.322 e. The Kier molecular flexibility index (Phi) is 4.92. The van der Waals surface area contributed by atoms with Gasteiger partial charge in [0.15, 0.2) is 5.82 Å². The zero-order chi connectivity index (χ0) is 18.8. The van der Waals surface area contributed by atoms with Crippen molar-refractivity contribution < 1.29 is 4.79 Å². The Morgan fingerprint density at radius 1 is 1.15 bits per heavy atom. The lowest BCUT2D eigenvalue weighted by molar-refractivity contribution is -0.111. The number of nitrogens with one attached hydrogen (secondary N) is 1. The van der Waals surface area contributed by atoms with Crippen LogP contribution in [-0.4, -0.2) is 26.1 Å². The topological polar surface area (TPSA) is 72.7 Å². The summed E-state index contributed by atoms with van der Waals surface area (Å²) in [6, 6.07) is 13.0. The summed E-state index contributed by atoms with van der Waals surface area (Å²) in [5.74, 6) is 0.390. The Labute approximate surface area is 165 Å². The average molecular weight is 400 g/mol. The van der Waals surface area contributed by atoms with Crippen molar-refractivity contribution in [1.82, 2.24) is 20.2 Å². The highest BCUT2D eigenvalue weighted by molar-refractivity contribution is 6.42. The van der Waals surface area contributed by atoms with E-state index in [4.69, 9.17) is 23.2 Å². The number of aromatic nitrogens is 4. The van der Waals surface area contributed by atoms with Crippen LogP contribution in [0, 0.1) is 0 Å². The van der Waals surface area contributed by atoms with Crippen molar-refractivity contribution in [2.45, 2.75) is 18.9 Å². The van der Waals surface area contributed by atoms with Crippen molar-refractivity contribution in [1.29, 1.82) is 0 Å². The first-order valence-electron chi connectivity index (χ1n) is 8.43. The molecular weight excluding hydrogens is 385 g/mol. The van der Waals surface area contributed by atoms with Crippen LogP contribution in [0.3, 0.4) is 0 Å². The van der Waals surface area contributed by atoms with Crippen molar-refractivity contribution >= 4 is 40.9 Å². The fourth-order valence-corrected chi connectivity index (χ4v) is 2.99. The van der Waals surface area contributed by atoms with Gasteiger partial charge in [-0.25, -0.2) is 4.68 Å². The highest BCUT2D eigenvalue weighted by Gasteiger charge is 2.28. The van der Waals surface area contributed by atoms with Gasteiger partial charge in [-0.05, 0) is 59.2 Å². The maximum atomic E-state index is 12.4. The highest BCUT2D eigenvalue weighted by atomic mass is 35.5. The van der Waals surface area contributed by atoms with E-state index in [0.29, 0.717) is 27.6 Å². The smallest absolute Gasteiger partial charge is 0.248 e. The van der Waals surface area contributed by atoms with E-state index in [0.717, 1.165) is 24.0 Å². The Hall–Kier alpha value is -2.70. The molecule has 1 amide bonds. The molecule has 0 bridgehead atoms. The zero-order valence-corrected chi connectivity index (χ0v) is 15.7. The third kappa shape index (κ3) is 4.02. The van der Waals surface area contributed by atoms with Crippen LogP contribution in [0.25, 0.3) is 17.5 Å².